The van der Waals surface area contributed by atoms with Crippen molar-refractivity contribution in [1.29, 1.82) is 0 Å². The number of H-pyrrole nitrogens is 1. The summed E-state index contributed by atoms with van der Waals surface area (Å²) < 4.78 is 5.94. The van der Waals surface area contributed by atoms with E-state index in [0.717, 1.165) is 12.8 Å². The Hall–Kier alpha value is -3.73. The largest absolute Gasteiger partial charge is 0.426 e. The number of benzene rings is 2. The molecule has 0 fully saturated rings. The first kappa shape index (κ1) is 20.2. The summed E-state index contributed by atoms with van der Waals surface area (Å²) in [6, 6.07) is 18.6. The molecule has 0 aliphatic heterocycles. The quantitative estimate of drug-likeness (QED) is 0.401. The van der Waals surface area contributed by atoms with E-state index in [0.29, 0.717) is 28.5 Å². The summed E-state index contributed by atoms with van der Waals surface area (Å²) >= 11 is 0. The first-order valence-corrected chi connectivity index (χ1v) is 11.1. The maximum Gasteiger partial charge on any atom is 0.302 e. The van der Waals surface area contributed by atoms with Crippen molar-refractivity contribution in [2.75, 3.05) is 0 Å². The molecule has 1 aliphatic rings. The van der Waals surface area contributed by atoms with Gasteiger partial charge in [-0.05, 0) is 41.3 Å². The molecular formula is C27H25N3O2. The van der Waals surface area contributed by atoms with E-state index in [-0.39, 0.29) is 11.6 Å². The van der Waals surface area contributed by atoms with E-state index in [1.165, 1.54) is 22.3 Å². The van der Waals surface area contributed by atoms with Gasteiger partial charge in [-0.2, -0.15) is 4.98 Å². The van der Waals surface area contributed by atoms with Gasteiger partial charge in [0.15, 0.2) is 0 Å². The molecule has 0 saturated heterocycles. The number of allylic oxidation sites excluding steroid dienone is 1. The molecule has 2 atom stereocenters. The number of pyridine rings is 1. The lowest BCUT2D eigenvalue weighted by atomic mass is 9.82. The Balaban J connectivity index is 1.48. The third-order valence-electron chi connectivity index (χ3n) is 6.24. The Morgan fingerprint density at radius 1 is 1.12 bits per heavy atom. The molecule has 32 heavy (non-hydrogen) atoms. The molecule has 5 heteroatoms. The zero-order valence-electron chi connectivity index (χ0n) is 18.2. The number of hydrogen-bond acceptors (Lipinski definition) is 4. The second-order valence-corrected chi connectivity index (χ2v) is 8.27. The average molecular weight is 424 g/mol. The summed E-state index contributed by atoms with van der Waals surface area (Å²) in [5.74, 6) is 1.40. The van der Waals surface area contributed by atoms with Crippen LogP contribution in [0.4, 0.5) is 0 Å². The van der Waals surface area contributed by atoms with Crippen LogP contribution in [0.2, 0.25) is 0 Å². The Labute approximate surface area is 186 Å². The monoisotopic (exact) mass is 423 g/mol. The molecule has 0 spiro atoms. The van der Waals surface area contributed by atoms with E-state index in [4.69, 9.17) is 4.74 Å². The molecule has 2 aromatic heterocycles. The molecule has 2 unspecified atom stereocenters. The molecule has 0 bridgehead atoms. The lowest BCUT2D eigenvalue weighted by molar-refractivity contribution is 0.442. The van der Waals surface area contributed by atoms with Crippen LogP contribution in [0.3, 0.4) is 0 Å². The highest BCUT2D eigenvalue weighted by atomic mass is 16.5. The van der Waals surface area contributed by atoms with Crippen LogP contribution in [0.1, 0.15) is 55.2 Å². The van der Waals surface area contributed by atoms with Crippen LogP contribution >= 0.6 is 0 Å². The van der Waals surface area contributed by atoms with Gasteiger partial charge in [-0.1, -0.05) is 68.3 Å². The van der Waals surface area contributed by atoms with Gasteiger partial charge in [0.05, 0.1) is 17.1 Å². The second kappa shape index (κ2) is 8.42. The standard InChI is InChI=1S/C27H25N3O2/c1-3-7-22-21-11-10-20(32-27-29-25-16-28-13-12-23(25)26(31)30-27)14-19(21)15-24(22)17(2)18-8-5-4-6-9-18/h4-6,8-17,22H,3,7H2,1-2H3,(H,29,30,31). The van der Waals surface area contributed by atoms with Crippen molar-refractivity contribution in [3.63, 3.8) is 0 Å². The van der Waals surface area contributed by atoms with Crippen LogP contribution in [0.5, 0.6) is 11.8 Å². The molecular weight excluding hydrogens is 398 g/mol. The third kappa shape index (κ3) is 3.71. The number of aromatic amines is 1. The van der Waals surface area contributed by atoms with Gasteiger partial charge in [-0.3, -0.25) is 14.8 Å². The van der Waals surface area contributed by atoms with E-state index in [2.05, 4.69) is 71.3 Å². The van der Waals surface area contributed by atoms with E-state index in [1.54, 1.807) is 18.5 Å². The van der Waals surface area contributed by atoms with Crippen molar-refractivity contribution >= 4 is 17.0 Å². The number of hydrogen-bond donors (Lipinski definition) is 1. The summed E-state index contributed by atoms with van der Waals surface area (Å²) in [6.07, 6.45) is 7.68. The van der Waals surface area contributed by atoms with Crippen LogP contribution in [-0.2, 0) is 0 Å². The molecule has 5 rings (SSSR count). The summed E-state index contributed by atoms with van der Waals surface area (Å²) in [5, 5.41) is 0.492. The number of nitrogens with zero attached hydrogens (tertiary/aromatic N) is 2. The van der Waals surface area contributed by atoms with Crippen molar-refractivity contribution in [2.45, 2.75) is 38.5 Å². The summed E-state index contributed by atoms with van der Waals surface area (Å²) in [6.45, 7) is 4.52. The first-order chi connectivity index (χ1) is 15.6. The predicted octanol–water partition coefficient (Wildman–Crippen LogP) is 6.19. The number of rotatable bonds is 6. The number of aromatic nitrogens is 3. The van der Waals surface area contributed by atoms with E-state index in [1.807, 2.05) is 12.1 Å². The zero-order chi connectivity index (χ0) is 22.1. The molecule has 2 heterocycles. The average Bonchev–Trinajstić information content (AvgIpc) is 3.17. The second-order valence-electron chi connectivity index (χ2n) is 8.27. The molecule has 160 valence electrons. The summed E-state index contributed by atoms with van der Waals surface area (Å²) in [4.78, 5) is 23.5. The summed E-state index contributed by atoms with van der Waals surface area (Å²) in [7, 11) is 0. The fourth-order valence-electron chi connectivity index (χ4n) is 4.62. The molecule has 1 aliphatic carbocycles. The highest BCUT2D eigenvalue weighted by Gasteiger charge is 2.29. The van der Waals surface area contributed by atoms with Gasteiger partial charge in [0, 0.05) is 18.0 Å². The Bertz CT molecular complexity index is 1360. The van der Waals surface area contributed by atoms with Crippen molar-refractivity contribution in [2.24, 2.45) is 0 Å². The van der Waals surface area contributed by atoms with E-state index < -0.39 is 0 Å². The van der Waals surface area contributed by atoms with Crippen LogP contribution < -0.4 is 10.3 Å². The van der Waals surface area contributed by atoms with Crippen LogP contribution in [0.25, 0.3) is 17.0 Å². The number of fused-ring (bicyclic) bond motifs is 2. The SMILES string of the molecule is CCCC1C(C(C)c2ccccc2)=Cc2cc(Oc3nc4cnccc4c(=O)[nH]3)ccc21. The molecule has 0 radical (unpaired) electrons. The molecule has 5 nitrogen and oxygen atoms in total. The molecule has 0 saturated carbocycles. The molecule has 4 aromatic rings. The minimum atomic E-state index is -0.240. The minimum Gasteiger partial charge on any atom is -0.426 e. The van der Waals surface area contributed by atoms with E-state index >= 15 is 0 Å². The maximum atomic E-state index is 12.3. The lowest BCUT2D eigenvalue weighted by Gasteiger charge is -2.22. The Kier molecular flexibility index (Phi) is 5.31. The van der Waals surface area contributed by atoms with Gasteiger partial charge in [-0.25, -0.2) is 0 Å². The van der Waals surface area contributed by atoms with Crippen LogP contribution in [0, 0.1) is 0 Å². The predicted molar refractivity (Wildman–Crippen MR) is 127 cm³/mol. The molecule has 2 aromatic carbocycles. The fourth-order valence-corrected chi connectivity index (χ4v) is 4.62. The highest BCUT2D eigenvalue weighted by molar-refractivity contribution is 5.76. The van der Waals surface area contributed by atoms with Gasteiger partial charge in [0.25, 0.3) is 5.56 Å². The fraction of sp³-hybridized carbons (Fsp3) is 0.222. The van der Waals surface area contributed by atoms with Gasteiger partial charge >= 0.3 is 6.01 Å². The van der Waals surface area contributed by atoms with Gasteiger partial charge in [-0.15, -0.1) is 0 Å². The smallest absolute Gasteiger partial charge is 0.302 e. The minimum absolute atomic E-state index is 0.167. The molecule has 0 amide bonds. The third-order valence-corrected chi connectivity index (χ3v) is 6.24. The van der Waals surface area contributed by atoms with Gasteiger partial charge < -0.3 is 4.74 Å². The highest BCUT2D eigenvalue weighted by Crippen LogP contribution is 2.46. The maximum absolute atomic E-state index is 12.3. The van der Waals surface area contributed by atoms with Crippen molar-refractivity contribution in [1.82, 2.24) is 15.0 Å². The Morgan fingerprint density at radius 3 is 2.78 bits per heavy atom. The number of ether oxygens (including phenoxy) is 1. The van der Waals surface area contributed by atoms with E-state index in [9.17, 15) is 4.79 Å². The van der Waals surface area contributed by atoms with Gasteiger partial charge in [0.2, 0.25) is 0 Å². The normalized spacial score (nSPS) is 15.9. The first-order valence-electron chi connectivity index (χ1n) is 11.1. The topological polar surface area (TPSA) is 67.9 Å². The molecule has 1 N–H and O–H groups in total. The van der Waals surface area contributed by atoms with Crippen LogP contribution in [-0.4, -0.2) is 15.0 Å². The summed E-state index contributed by atoms with van der Waals surface area (Å²) in [5.41, 5.74) is 5.54. The zero-order valence-corrected chi connectivity index (χ0v) is 18.2. The van der Waals surface area contributed by atoms with Crippen molar-refractivity contribution in [3.8, 4) is 11.8 Å². The Morgan fingerprint density at radius 2 is 1.97 bits per heavy atom. The van der Waals surface area contributed by atoms with Crippen molar-refractivity contribution < 1.29 is 4.74 Å². The lowest BCUT2D eigenvalue weighted by Crippen LogP contribution is -2.09. The van der Waals surface area contributed by atoms with Gasteiger partial charge in [0.1, 0.15) is 5.75 Å². The van der Waals surface area contributed by atoms with Crippen LogP contribution in [0.15, 0.2) is 77.4 Å². The van der Waals surface area contributed by atoms with Crippen molar-refractivity contribution in [3.05, 3.63) is 99.6 Å². The number of nitrogens with one attached hydrogen (secondary N) is 1.